The van der Waals surface area contributed by atoms with Gasteiger partial charge in [-0.25, -0.2) is 8.42 Å². The molecular weight excluding hydrogens is 362 g/mol. The van der Waals surface area contributed by atoms with Gasteiger partial charge in [0.1, 0.15) is 6.04 Å². The van der Waals surface area contributed by atoms with E-state index in [2.05, 4.69) is 5.32 Å². The number of halogens is 2. The lowest BCUT2D eigenvalue weighted by molar-refractivity contribution is -0.890. The van der Waals surface area contributed by atoms with Crippen molar-refractivity contribution in [2.24, 2.45) is 0 Å². The lowest BCUT2D eigenvalue weighted by atomic mass is 10.1. The standard InChI is InChI=1S/C18H20F2N2O3S/c1-22(2)16(13-6-4-3-5-7-13)12-21-17(23)14-8-10-15(11-9-14)26(24,25)18(19)20/h3-11,16,18H,12H2,1-2H3,(H,21,23)/p+1/t16-/m1/s1. The first kappa shape index (κ1) is 20.0. The second kappa shape index (κ2) is 8.37. The number of benzene rings is 2. The molecule has 0 aromatic heterocycles. The Bertz CT molecular complexity index is 838. The van der Waals surface area contributed by atoms with Crippen LogP contribution < -0.4 is 10.2 Å². The Morgan fingerprint density at radius 3 is 2.12 bits per heavy atom. The fraction of sp³-hybridized carbons (Fsp3) is 0.278. The second-order valence-corrected chi connectivity index (χ2v) is 8.00. The highest BCUT2D eigenvalue weighted by atomic mass is 32.2. The van der Waals surface area contributed by atoms with Gasteiger partial charge in [-0.2, -0.15) is 8.78 Å². The van der Waals surface area contributed by atoms with E-state index in [0.29, 0.717) is 6.54 Å². The molecule has 0 unspecified atom stereocenters. The minimum atomic E-state index is -4.66. The monoisotopic (exact) mass is 383 g/mol. The fourth-order valence-electron chi connectivity index (χ4n) is 2.54. The van der Waals surface area contributed by atoms with Gasteiger partial charge in [-0.05, 0) is 24.3 Å². The van der Waals surface area contributed by atoms with E-state index in [1.54, 1.807) is 0 Å². The van der Waals surface area contributed by atoms with E-state index in [9.17, 15) is 22.0 Å². The van der Waals surface area contributed by atoms with Crippen molar-refractivity contribution < 1.29 is 26.9 Å². The molecule has 0 aliphatic heterocycles. The molecule has 26 heavy (non-hydrogen) atoms. The summed E-state index contributed by atoms with van der Waals surface area (Å²) < 4.78 is 47.9. The Morgan fingerprint density at radius 2 is 1.62 bits per heavy atom. The molecule has 0 spiro atoms. The number of amides is 1. The van der Waals surface area contributed by atoms with Crippen LogP contribution in [0.4, 0.5) is 8.78 Å². The van der Waals surface area contributed by atoms with Crippen LogP contribution in [-0.2, 0) is 9.84 Å². The Morgan fingerprint density at radius 1 is 1.04 bits per heavy atom. The smallest absolute Gasteiger partial charge is 0.341 e. The van der Waals surface area contributed by atoms with Crippen LogP contribution in [0.15, 0.2) is 59.5 Å². The lowest BCUT2D eigenvalue weighted by Gasteiger charge is -2.22. The summed E-state index contributed by atoms with van der Waals surface area (Å²) in [5, 5.41) is 2.80. The van der Waals surface area contributed by atoms with E-state index in [0.717, 1.165) is 22.6 Å². The number of hydrogen-bond donors (Lipinski definition) is 2. The van der Waals surface area contributed by atoms with Gasteiger partial charge in [0.2, 0.25) is 9.84 Å². The first-order valence-corrected chi connectivity index (χ1v) is 9.53. The minimum Gasteiger partial charge on any atom is -0.346 e. The minimum absolute atomic E-state index is 0.0404. The number of quaternary nitrogens is 1. The maximum Gasteiger partial charge on any atom is 0.341 e. The average molecular weight is 383 g/mol. The van der Waals surface area contributed by atoms with Crippen molar-refractivity contribution in [3.63, 3.8) is 0 Å². The summed E-state index contributed by atoms with van der Waals surface area (Å²) >= 11 is 0. The van der Waals surface area contributed by atoms with Crippen molar-refractivity contribution in [1.82, 2.24) is 5.32 Å². The van der Waals surface area contributed by atoms with E-state index in [4.69, 9.17) is 0 Å². The van der Waals surface area contributed by atoms with Crippen LogP contribution in [0.1, 0.15) is 22.0 Å². The zero-order valence-corrected chi connectivity index (χ0v) is 15.3. The summed E-state index contributed by atoms with van der Waals surface area (Å²) in [7, 11) is -0.701. The molecule has 2 N–H and O–H groups in total. The summed E-state index contributed by atoms with van der Waals surface area (Å²) in [4.78, 5) is 12.9. The molecular formula is C18H21F2N2O3S+. The molecule has 140 valence electrons. The summed E-state index contributed by atoms with van der Waals surface area (Å²) in [6.07, 6.45) is 0. The van der Waals surface area contributed by atoms with Gasteiger partial charge in [0, 0.05) is 11.1 Å². The number of nitrogens with one attached hydrogen (secondary N) is 2. The number of sulfone groups is 1. The summed E-state index contributed by atoms with van der Waals surface area (Å²) in [6, 6.07) is 14.3. The van der Waals surface area contributed by atoms with Gasteiger partial charge in [0.05, 0.1) is 25.5 Å². The van der Waals surface area contributed by atoms with Crippen LogP contribution >= 0.6 is 0 Å². The molecule has 5 nitrogen and oxygen atoms in total. The van der Waals surface area contributed by atoms with Crippen LogP contribution in [-0.4, -0.2) is 40.7 Å². The van der Waals surface area contributed by atoms with E-state index in [1.807, 2.05) is 44.4 Å². The Labute approximate surface area is 151 Å². The molecule has 0 saturated heterocycles. The van der Waals surface area contributed by atoms with Gasteiger partial charge in [-0.15, -0.1) is 0 Å². The van der Waals surface area contributed by atoms with Crippen LogP contribution in [0.5, 0.6) is 0 Å². The van der Waals surface area contributed by atoms with Gasteiger partial charge in [-0.3, -0.25) is 4.79 Å². The Hall–Kier alpha value is -2.32. The molecule has 1 atom stereocenters. The molecule has 0 aliphatic carbocycles. The highest BCUT2D eigenvalue weighted by molar-refractivity contribution is 7.91. The second-order valence-electron chi connectivity index (χ2n) is 6.08. The first-order valence-electron chi connectivity index (χ1n) is 7.98. The lowest BCUT2D eigenvalue weighted by Crippen LogP contribution is -3.07. The molecule has 2 aromatic carbocycles. The van der Waals surface area contributed by atoms with Gasteiger partial charge in [-0.1, -0.05) is 30.3 Å². The quantitative estimate of drug-likeness (QED) is 0.757. The molecule has 1 amide bonds. The van der Waals surface area contributed by atoms with E-state index >= 15 is 0 Å². The third-order valence-electron chi connectivity index (χ3n) is 4.05. The van der Waals surface area contributed by atoms with Gasteiger partial charge in [0.25, 0.3) is 5.91 Å². The zero-order valence-electron chi connectivity index (χ0n) is 14.4. The topological polar surface area (TPSA) is 67.7 Å². The molecule has 0 radical (unpaired) electrons. The highest BCUT2D eigenvalue weighted by Crippen LogP contribution is 2.18. The van der Waals surface area contributed by atoms with Crippen LogP contribution in [0.25, 0.3) is 0 Å². The number of carbonyl (C=O) groups is 1. The Kier molecular flexibility index (Phi) is 6.44. The molecule has 8 heteroatoms. The molecule has 0 bridgehead atoms. The van der Waals surface area contributed by atoms with Crippen LogP contribution in [0, 0.1) is 0 Å². The molecule has 0 fully saturated rings. The maximum atomic E-state index is 12.5. The number of carbonyl (C=O) groups excluding carboxylic acids is 1. The SMILES string of the molecule is C[NH+](C)[C@H](CNC(=O)c1ccc(S(=O)(=O)C(F)F)cc1)c1ccccc1. The molecule has 0 saturated carbocycles. The molecule has 2 aromatic rings. The van der Waals surface area contributed by atoms with Gasteiger partial charge < -0.3 is 10.2 Å². The van der Waals surface area contributed by atoms with Crippen molar-refractivity contribution >= 4 is 15.7 Å². The van der Waals surface area contributed by atoms with Crippen molar-refractivity contribution in [2.45, 2.75) is 16.7 Å². The first-order chi connectivity index (χ1) is 12.2. The van der Waals surface area contributed by atoms with Gasteiger partial charge in [0.15, 0.2) is 0 Å². The highest BCUT2D eigenvalue weighted by Gasteiger charge is 2.26. The predicted molar refractivity (Wildman–Crippen MR) is 94.0 cm³/mol. The summed E-state index contributed by atoms with van der Waals surface area (Å²) in [5.41, 5.74) is 1.28. The van der Waals surface area contributed by atoms with Crippen molar-refractivity contribution in [3.05, 3.63) is 65.7 Å². The van der Waals surface area contributed by atoms with E-state index < -0.39 is 26.4 Å². The average Bonchev–Trinajstić information content (AvgIpc) is 2.62. The third-order valence-corrected chi connectivity index (χ3v) is 5.44. The number of alkyl halides is 2. The molecule has 0 heterocycles. The van der Waals surface area contributed by atoms with E-state index in [-0.39, 0.29) is 11.6 Å². The Balaban J connectivity index is 2.08. The third kappa shape index (κ3) is 4.64. The van der Waals surface area contributed by atoms with E-state index in [1.165, 1.54) is 12.1 Å². The zero-order chi connectivity index (χ0) is 19.3. The van der Waals surface area contributed by atoms with Crippen molar-refractivity contribution in [1.29, 1.82) is 0 Å². The number of rotatable bonds is 7. The normalized spacial score (nSPS) is 13.0. The van der Waals surface area contributed by atoms with Gasteiger partial charge >= 0.3 is 5.76 Å². The van der Waals surface area contributed by atoms with Crippen molar-refractivity contribution in [3.8, 4) is 0 Å². The molecule has 2 rings (SSSR count). The molecule has 0 aliphatic rings. The number of likely N-dealkylation sites (N-methyl/N-ethyl adjacent to an activating group) is 1. The summed E-state index contributed by atoms with van der Waals surface area (Å²) in [5.74, 6) is -3.88. The van der Waals surface area contributed by atoms with Crippen LogP contribution in [0.2, 0.25) is 0 Å². The largest absolute Gasteiger partial charge is 0.346 e. The predicted octanol–water partition coefficient (Wildman–Crippen LogP) is 1.30. The van der Waals surface area contributed by atoms with Crippen molar-refractivity contribution in [2.75, 3.05) is 20.6 Å². The maximum absolute atomic E-state index is 12.5. The fourth-order valence-corrected chi connectivity index (χ4v) is 3.26. The number of hydrogen-bond acceptors (Lipinski definition) is 3. The van der Waals surface area contributed by atoms with Crippen LogP contribution in [0.3, 0.4) is 0 Å². The summed E-state index contributed by atoms with van der Waals surface area (Å²) in [6.45, 7) is 0.377.